The van der Waals surface area contributed by atoms with E-state index in [0.29, 0.717) is 0 Å². The van der Waals surface area contributed by atoms with Crippen LogP contribution in [-0.4, -0.2) is 19.4 Å². The fourth-order valence-electron chi connectivity index (χ4n) is 0.102. The van der Waals surface area contributed by atoms with Crippen molar-refractivity contribution in [3.05, 3.63) is 0 Å². The third kappa shape index (κ3) is 5.74. The Bertz CT molecular complexity index is 96.4. The Morgan fingerprint density at radius 3 is 2.57 bits per heavy atom. The molecular weight excluding hydrogens is 205 g/mol. The summed E-state index contributed by atoms with van der Waals surface area (Å²) in [6, 6.07) is 0. The molecule has 0 heterocycles. The SMILES string of the molecule is C=N/C=N\C=N/I. The lowest BCUT2D eigenvalue weighted by Crippen LogP contribution is -1.62. The molecule has 0 saturated heterocycles. The predicted molar refractivity (Wildman–Crippen MR) is 40.6 cm³/mol. The summed E-state index contributed by atoms with van der Waals surface area (Å²) in [4.78, 5) is 6.89. The van der Waals surface area contributed by atoms with Crippen LogP contribution < -0.4 is 0 Å². The van der Waals surface area contributed by atoms with Crippen molar-refractivity contribution in [3.8, 4) is 0 Å². The first-order chi connectivity index (χ1) is 3.41. The molecule has 0 spiro atoms. The molecule has 0 aliphatic carbocycles. The van der Waals surface area contributed by atoms with Gasteiger partial charge in [-0.15, -0.1) is 0 Å². The van der Waals surface area contributed by atoms with Crippen LogP contribution in [0.15, 0.2) is 13.2 Å². The standard InChI is InChI=1S/C3H4IN3/c1-5-2-6-3-7-4/h2-3H,1H2/b6-2-,7-3-. The molecule has 0 aromatic heterocycles. The molecule has 3 nitrogen and oxygen atoms in total. The van der Waals surface area contributed by atoms with Crippen molar-refractivity contribution in [2.24, 2.45) is 13.2 Å². The van der Waals surface area contributed by atoms with E-state index in [-0.39, 0.29) is 0 Å². The largest absolute Gasteiger partial charge is 0.253 e. The zero-order chi connectivity index (χ0) is 5.54. The highest BCUT2D eigenvalue weighted by molar-refractivity contribution is 14.1. The second-order valence-corrected chi connectivity index (χ2v) is 1.22. The van der Waals surface area contributed by atoms with Crippen molar-refractivity contribution in [2.45, 2.75) is 0 Å². The highest BCUT2D eigenvalue weighted by Gasteiger charge is 1.54. The van der Waals surface area contributed by atoms with Gasteiger partial charge in [-0.25, -0.2) is 8.20 Å². The van der Waals surface area contributed by atoms with Gasteiger partial charge in [-0.1, -0.05) is 0 Å². The first-order valence-electron chi connectivity index (χ1n) is 1.52. The molecule has 0 aromatic rings. The van der Waals surface area contributed by atoms with Gasteiger partial charge in [0.05, 0.1) is 22.9 Å². The van der Waals surface area contributed by atoms with Gasteiger partial charge < -0.3 is 0 Å². The van der Waals surface area contributed by atoms with Crippen LogP contribution in [0.5, 0.6) is 0 Å². The van der Waals surface area contributed by atoms with Gasteiger partial charge in [0.15, 0.2) is 0 Å². The Balaban J connectivity index is 3.27. The minimum atomic E-state index is 1.32. The van der Waals surface area contributed by atoms with Crippen molar-refractivity contribution in [2.75, 3.05) is 0 Å². The van der Waals surface area contributed by atoms with E-state index in [1.165, 1.54) is 12.7 Å². The first-order valence-corrected chi connectivity index (χ1v) is 2.48. The molecule has 0 aromatic carbocycles. The summed E-state index contributed by atoms with van der Waals surface area (Å²) in [7, 11) is 0. The molecule has 38 valence electrons. The van der Waals surface area contributed by atoms with Crippen molar-refractivity contribution < 1.29 is 0 Å². The summed E-state index contributed by atoms with van der Waals surface area (Å²) >= 11 is 1.82. The van der Waals surface area contributed by atoms with Crippen molar-refractivity contribution in [3.63, 3.8) is 0 Å². The van der Waals surface area contributed by atoms with Gasteiger partial charge in [0.2, 0.25) is 0 Å². The van der Waals surface area contributed by atoms with Crippen LogP contribution in [0.3, 0.4) is 0 Å². The molecule has 0 amide bonds. The molecule has 0 aliphatic heterocycles. The summed E-state index contributed by atoms with van der Waals surface area (Å²) in [6.45, 7) is 3.17. The van der Waals surface area contributed by atoms with E-state index >= 15 is 0 Å². The van der Waals surface area contributed by atoms with Crippen LogP contribution in [0.4, 0.5) is 0 Å². The molecule has 0 N–H and O–H groups in total. The van der Waals surface area contributed by atoms with Crippen molar-refractivity contribution >= 4 is 42.3 Å². The molecule has 7 heavy (non-hydrogen) atoms. The maximum atomic E-state index is 3.56. The molecule has 0 radical (unpaired) electrons. The summed E-state index contributed by atoms with van der Waals surface area (Å²) in [5.74, 6) is 0. The van der Waals surface area contributed by atoms with Crippen LogP contribution in [0, 0.1) is 0 Å². The fraction of sp³-hybridized carbons (Fsp3) is 0. The normalized spacial score (nSPS) is 11.0. The lowest BCUT2D eigenvalue weighted by Gasteiger charge is -1.65. The smallest absolute Gasteiger partial charge is 0.123 e. The molecule has 0 unspecified atom stereocenters. The van der Waals surface area contributed by atoms with E-state index in [1.54, 1.807) is 0 Å². The van der Waals surface area contributed by atoms with Crippen molar-refractivity contribution in [1.82, 2.24) is 0 Å². The molecule has 0 bridgehead atoms. The zero-order valence-electron chi connectivity index (χ0n) is 3.58. The number of aliphatic imine (C=N–C) groups is 2. The second kappa shape index (κ2) is 5.74. The van der Waals surface area contributed by atoms with Crippen LogP contribution in [0.25, 0.3) is 0 Å². The van der Waals surface area contributed by atoms with E-state index in [0.717, 1.165) is 0 Å². The highest BCUT2D eigenvalue weighted by atomic mass is 127. The van der Waals surface area contributed by atoms with E-state index in [1.807, 2.05) is 22.9 Å². The maximum Gasteiger partial charge on any atom is 0.123 e. The third-order valence-electron chi connectivity index (χ3n) is 0.259. The van der Waals surface area contributed by atoms with Crippen molar-refractivity contribution in [1.29, 1.82) is 0 Å². The average Bonchev–Trinajstić information content (AvgIpc) is 1.69. The van der Waals surface area contributed by atoms with E-state index in [2.05, 4.69) is 19.9 Å². The van der Waals surface area contributed by atoms with Gasteiger partial charge in [-0.05, 0) is 6.72 Å². The van der Waals surface area contributed by atoms with Crippen LogP contribution in [0.2, 0.25) is 0 Å². The van der Waals surface area contributed by atoms with Crippen LogP contribution in [-0.2, 0) is 0 Å². The number of hydrogen-bond donors (Lipinski definition) is 0. The Morgan fingerprint density at radius 1 is 1.43 bits per heavy atom. The second-order valence-electron chi connectivity index (χ2n) is 0.660. The van der Waals surface area contributed by atoms with Crippen LogP contribution in [0.1, 0.15) is 0 Å². The Morgan fingerprint density at radius 2 is 2.14 bits per heavy atom. The van der Waals surface area contributed by atoms with Gasteiger partial charge >= 0.3 is 0 Å². The quantitative estimate of drug-likeness (QED) is 0.371. The maximum absolute atomic E-state index is 3.56. The Labute approximate surface area is 55.8 Å². The number of hydrogen-bond acceptors (Lipinski definition) is 1. The summed E-state index contributed by atoms with van der Waals surface area (Å²) < 4.78 is 3.53. The third-order valence-corrected chi connectivity index (χ3v) is 0.508. The van der Waals surface area contributed by atoms with Gasteiger partial charge in [0.25, 0.3) is 0 Å². The number of rotatable bonds is 2. The van der Waals surface area contributed by atoms with E-state index in [4.69, 9.17) is 0 Å². The average molecular weight is 209 g/mol. The first kappa shape index (κ1) is 6.74. The van der Waals surface area contributed by atoms with Gasteiger partial charge in [0, 0.05) is 0 Å². The Kier molecular flexibility index (Phi) is 5.53. The minimum Gasteiger partial charge on any atom is -0.253 e. The summed E-state index contributed by atoms with van der Waals surface area (Å²) in [5.41, 5.74) is 0. The summed E-state index contributed by atoms with van der Waals surface area (Å²) in [5, 5.41) is 0. The van der Waals surface area contributed by atoms with Gasteiger partial charge in [0.1, 0.15) is 12.7 Å². The van der Waals surface area contributed by atoms with Gasteiger partial charge in [-0.3, -0.25) is 4.99 Å². The monoisotopic (exact) mass is 209 g/mol. The van der Waals surface area contributed by atoms with E-state index in [9.17, 15) is 0 Å². The summed E-state index contributed by atoms with van der Waals surface area (Å²) in [6.07, 6.45) is 2.71. The fourth-order valence-corrected chi connectivity index (χ4v) is 0.246. The lowest BCUT2D eigenvalue weighted by atomic mass is 11.2. The lowest BCUT2D eigenvalue weighted by molar-refractivity contribution is 1.71. The molecular formula is C3H4IN3. The van der Waals surface area contributed by atoms with Crippen LogP contribution >= 0.6 is 22.9 Å². The minimum absolute atomic E-state index is 1.32. The number of halogens is 1. The Hall–Kier alpha value is -0.260. The number of nitrogens with zero attached hydrogens (tertiary/aromatic N) is 3. The molecule has 0 saturated carbocycles. The molecule has 0 fully saturated rings. The zero-order valence-corrected chi connectivity index (χ0v) is 5.74. The molecule has 0 aliphatic rings. The topological polar surface area (TPSA) is 37.1 Å². The molecule has 0 rings (SSSR count). The molecule has 4 heteroatoms. The highest BCUT2D eigenvalue weighted by Crippen LogP contribution is 1.76. The van der Waals surface area contributed by atoms with Gasteiger partial charge in [-0.2, -0.15) is 0 Å². The molecule has 0 atom stereocenters. The van der Waals surface area contributed by atoms with E-state index < -0.39 is 0 Å². The predicted octanol–water partition coefficient (Wildman–Crippen LogP) is 1.09.